The number of amides is 1. The van der Waals surface area contributed by atoms with E-state index in [2.05, 4.69) is 20.2 Å². The van der Waals surface area contributed by atoms with Crippen molar-refractivity contribution in [3.8, 4) is 11.4 Å². The van der Waals surface area contributed by atoms with Crippen LogP contribution >= 0.6 is 0 Å². The average molecular weight is 392 g/mol. The third kappa shape index (κ3) is 4.57. The van der Waals surface area contributed by atoms with Crippen molar-refractivity contribution in [3.63, 3.8) is 0 Å². The van der Waals surface area contributed by atoms with Crippen molar-refractivity contribution >= 4 is 11.7 Å². The number of ether oxygens (including phenoxy) is 1. The Bertz CT molecular complexity index is 991. The summed E-state index contributed by atoms with van der Waals surface area (Å²) < 4.78 is 19.3. The largest absolute Gasteiger partial charge is 0.378 e. The van der Waals surface area contributed by atoms with Gasteiger partial charge >= 0.3 is 0 Å². The lowest BCUT2D eigenvalue weighted by atomic mass is 10.2. The van der Waals surface area contributed by atoms with Crippen LogP contribution in [0.2, 0.25) is 0 Å². The molecule has 1 amide bonds. The molecule has 4 rings (SSSR count). The molecule has 2 heterocycles. The van der Waals surface area contributed by atoms with Crippen molar-refractivity contribution in [3.05, 3.63) is 77.7 Å². The van der Waals surface area contributed by atoms with E-state index in [9.17, 15) is 9.18 Å². The van der Waals surface area contributed by atoms with E-state index in [4.69, 9.17) is 4.74 Å². The molecule has 0 atom stereocenters. The van der Waals surface area contributed by atoms with E-state index >= 15 is 0 Å². The average Bonchev–Trinajstić information content (AvgIpc) is 2.79. The van der Waals surface area contributed by atoms with Crippen LogP contribution < -0.4 is 10.2 Å². The predicted octanol–water partition coefficient (Wildman–Crippen LogP) is 3.05. The quantitative estimate of drug-likeness (QED) is 0.723. The number of halogens is 1. The molecule has 0 bridgehead atoms. The zero-order chi connectivity index (χ0) is 20.1. The molecular weight excluding hydrogens is 371 g/mol. The summed E-state index contributed by atoms with van der Waals surface area (Å²) in [5, 5.41) is 2.75. The molecule has 1 aromatic heterocycles. The molecule has 2 aromatic carbocycles. The molecular formula is C22H21FN4O2. The molecule has 0 radical (unpaired) electrons. The SMILES string of the molecule is O=C(NCc1ccccc1F)c1cc(N2CCOCC2)nc(-c2ccccc2)n1. The second-order valence-electron chi connectivity index (χ2n) is 6.67. The number of carbonyl (C=O) groups is 1. The van der Waals surface area contributed by atoms with Crippen molar-refractivity contribution < 1.29 is 13.9 Å². The van der Waals surface area contributed by atoms with Gasteiger partial charge in [-0.3, -0.25) is 4.79 Å². The summed E-state index contributed by atoms with van der Waals surface area (Å²) >= 11 is 0. The Morgan fingerprint density at radius 2 is 1.76 bits per heavy atom. The van der Waals surface area contributed by atoms with Crippen molar-refractivity contribution in [1.29, 1.82) is 0 Å². The van der Waals surface area contributed by atoms with Crippen LogP contribution in [0.4, 0.5) is 10.2 Å². The van der Waals surface area contributed by atoms with Gasteiger partial charge in [0.1, 0.15) is 17.3 Å². The molecule has 0 saturated carbocycles. The number of nitrogens with one attached hydrogen (secondary N) is 1. The minimum Gasteiger partial charge on any atom is -0.378 e. The van der Waals surface area contributed by atoms with Crippen molar-refractivity contribution in [2.75, 3.05) is 31.2 Å². The Balaban J connectivity index is 1.62. The normalized spacial score (nSPS) is 13.9. The van der Waals surface area contributed by atoms with Gasteiger partial charge in [0, 0.05) is 36.8 Å². The fourth-order valence-corrected chi connectivity index (χ4v) is 3.13. The number of rotatable bonds is 5. The second kappa shape index (κ2) is 8.79. The van der Waals surface area contributed by atoms with Crippen LogP contribution in [0.25, 0.3) is 11.4 Å². The summed E-state index contributed by atoms with van der Waals surface area (Å²) in [5.74, 6) is 0.431. The highest BCUT2D eigenvalue weighted by Gasteiger charge is 2.18. The number of morpholine rings is 1. The zero-order valence-corrected chi connectivity index (χ0v) is 15.8. The maximum absolute atomic E-state index is 13.8. The van der Waals surface area contributed by atoms with Gasteiger partial charge in [-0.1, -0.05) is 48.5 Å². The van der Waals surface area contributed by atoms with E-state index < -0.39 is 0 Å². The second-order valence-corrected chi connectivity index (χ2v) is 6.67. The first-order valence-electron chi connectivity index (χ1n) is 9.49. The van der Waals surface area contributed by atoms with Crippen LogP contribution in [-0.4, -0.2) is 42.2 Å². The number of hydrogen-bond donors (Lipinski definition) is 1. The van der Waals surface area contributed by atoms with Crippen LogP contribution in [-0.2, 0) is 11.3 Å². The van der Waals surface area contributed by atoms with Crippen molar-refractivity contribution in [2.24, 2.45) is 0 Å². The molecule has 1 N–H and O–H groups in total. The van der Waals surface area contributed by atoms with E-state index in [1.165, 1.54) is 6.07 Å². The molecule has 6 nitrogen and oxygen atoms in total. The minimum absolute atomic E-state index is 0.0864. The Morgan fingerprint density at radius 3 is 2.52 bits per heavy atom. The molecule has 0 aliphatic carbocycles. The van der Waals surface area contributed by atoms with E-state index in [1.54, 1.807) is 24.3 Å². The van der Waals surface area contributed by atoms with Crippen LogP contribution in [0.3, 0.4) is 0 Å². The van der Waals surface area contributed by atoms with Crippen LogP contribution in [0.5, 0.6) is 0 Å². The highest BCUT2D eigenvalue weighted by atomic mass is 19.1. The summed E-state index contributed by atoms with van der Waals surface area (Å²) in [4.78, 5) is 24.0. The lowest BCUT2D eigenvalue weighted by molar-refractivity contribution is 0.0945. The van der Waals surface area contributed by atoms with Crippen molar-refractivity contribution in [2.45, 2.75) is 6.54 Å². The van der Waals surface area contributed by atoms with Gasteiger partial charge in [0.25, 0.3) is 5.91 Å². The molecule has 148 valence electrons. The maximum Gasteiger partial charge on any atom is 0.270 e. The lowest BCUT2D eigenvalue weighted by Crippen LogP contribution is -2.37. The number of hydrogen-bond acceptors (Lipinski definition) is 5. The number of aromatic nitrogens is 2. The summed E-state index contributed by atoms with van der Waals surface area (Å²) in [6.07, 6.45) is 0. The number of carbonyl (C=O) groups excluding carboxylic acids is 1. The van der Waals surface area contributed by atoms with Gasteiger partial charge in [-0.15, -0.1) is 0 Å². The minimum atomic E-state index is -0.373. The third-order valence-electron chi connectivity index (χ3n) is 4.71. The lowest BCUT2D eigenvalue weighted by Gasteiger charge is -2.28. The molecule has 1 aliphatic heterocycles. The molecule has 1 fully saturated rings. The van der Waals surface area contributed by atoms with Gasteiger partial charge in [0.05, 0.1) is 13.2 Å². The maximum atomic E-state index is 13.8. The van der Waals surface area contributed by atoms with Crippen LogP contribution in [0, 0.1) is 5.82 Å². The fourth-order valence-electron chi connectivity index (χ4n) is 3.13. The van der Waals surface area contributed by atoms with Gasteiger partial charge in [-0.05, 0) is 6.07 Å². The number of benzene rings is 2. The molecule has 1 saturated heterocycles. The molecule has 29 heavy (non-hydrogen) atoms. The molecule has 1 aliphatic rings. The number of nitrogens with zero attached hydrogens (tertiary/aromatic N) is 3. The fraction of sp³-hybridized carbons (Fsp3) is 0.227. The van der Waals surface area contributed by atoms with Crippen LogP contribution in [0.15, 0.2) is 60.7 Å². The molecule has 0 spiro atoms. The smallest absolute Gasteiger partial charge is 0.270 e. The first kappa shape index (κ1) is 19.0. The van der Waals surface area contributed by atoms with Gasteiger partial charge in [0.15, 0.2) is 5.82 Å². The van der Waals surface area contributed by atoms with Gasteiger partial charge in [0.2, 0.25) is 0 Å². The first-order chi connectivity index (χ1) is 14.2. The summed E-state index contributed by atoms with van der Waals surface area (Å²) in [6.45, 7) is 2.70. The molecule has 3 aromatic rings. The summed E-state index contributed by atoms with van der Waals surface area (Å²) in [7, 11) is 0. The highest BCUT2D eigenvalue weighted by Crippen LogP contribution is 2.21. The standard InChI is InChI=1S/C22H21FN4O2/c23-18-9-5-4-8-17(18)15-24-22(28)19-14-20(27-10-12-29-13-11-27)26-21(25-19)16-6-2-1-3-7-16/h1-9,14H,10-13,15H2,(H,24,28). The van der Waals surface area contributed by atoms with Gasteiger partial charge in [-0.25, -0.2) is 14.4 Å². The van der Waals surface area contributed by atoms with Gasteiger partial charge < -0.3 is 15.0 Å². The zero-order valence-electron chi connectivity index (χ0n) is 15.8. The Kier molecular flexibility index (Phi) is 5.76. The first-order valence-corrected chi connectivity index (χ1v) is 9.49. The Labute approximate surface area is 168 Å². The van der Waals surface area contributed by atoms with Crippen molar-refractivity contribution in [1.82, 2.24) is 15.3 Å². The topological polar surface area (TPSA) is 67.4 Å². The van der Waals surface area contributed by atoms with E-state index in [-0.39, 0.29) is 24.0 Å². The predicted molar refractivity (Wildman–Crippen MR) is 108 cm³/mol. The number of anilines is 1. The summed E-state index contributed by atoms with van der Waals surface area (Å²) in [5.41, 5.74) is 1.49. The Hall–Kier alpha value is -3.32. The van der Waals surface area contributed by atoms with E-state index in [1.807, 2.05) is 30.3 Å². The summed E-state index contributed by atoms with van der Waals surface area (Å²) in [6, 6.07) is 17.6. The van der Waals surface area contributed by atoms with Gasteiger partial charge in [-0.2, -0.15) is 0 Å². The monoisotopic (exact) mass is 392 g/mol. The third-order valence-corrected chi connectivity index (χ3v) is 4.71. The highest BCUT2D eigenvalue weighted by molar-refractivity contribution is 5.93. The van der Waals surface area contributed by atoms with Crippen LogP contribution in [0.1, 0.15) is 16.1 Å². The van der Waals surface area contributed by atoms with E-state index in [0.29, 0.717) is 43.5 Å². The molecule has 0 unspecified atom stereocenters. The van der Waals surface area contributed by atoms with E-state index in [0.717, 1.165) is 5.56 Å². The molecule has 7 heteroatoms. The Morgan fingerprint density at radius 1 is 1.03 bits per heavy atom.